The zero-order valence-electron chi connectivity index (χ0n) is 15.2. The molecular weight excluding hydrogens is 340 g/mol. The van der Waals surface area contributed by atoms with Gasteiger partial charge in [0.2, 0.25) is 5.91 Å². The van der Waals surface area contributed by atoms with Gasteiger partial charge in [-0.15, -0.1) is 0 Å². The van der Waals surface area contributed by atoms with Gasteiger partial charge in [0.25, 0.3) is 0 Å². The first-order valence-corrected chi connectivity index (χ1v) is 9.08. The average Bonchev–Trinajstić information content (AvgIpc) is 2.60. The van der Waals surface area contributed by atoms with Crippen LogP contribution in [0.1, 0.15) is 20.8 Å². The highest BCUT2D eigenvalue weighted by atomic mass is 35.5. The lowest BCUT2D eigenvalue weighted by Gasteiger charge is -2.36. The molecule has 1 N–H and O–H groups in total. The van der Waals surface area contributed by atoms with Crippen LogP contribution < -0.4 is 10.1 Å². The second-order valence-electron chi connectivity index (χ2n) is 6.07. The van der Waals surface area contributed by atoms with Crippen molar-refractivity contribution in [2.24, 2.45) is 4.99 Å². The Balaban J connectivity index is 1.90. The number of carbonyl (C=O) groups excluding carboxylic acids is 1. The molecule has 1 aliphatic rings. The molecule has 0 bridgehead atoms. The Labute approximate surface area is 154 Å². The first-order chi connectivity index (χ1) is 12.0. The van der Waals surface area contributed by atoms with Gasteiger partial charge in [-0.05, 0) is 38.1 Å². The zero-order valence-corrected chi connectivity index (χ0v) is 15.9. The maximum absolute atomic E-state index is 11.4. The summed E-state index contributed by atoms with van der Waals surface area (Å²) in [4.78, 5) is 20.2. The smallest absolute Gasteiger partial charge is 0.219 e. The van der Waals surface area contributed by atoms with Gasteiger partial charge in [-0.2, -0.15) is 0 Å². The number of nitrogens with one attached hydrogen (secondary N) is 1. The zero-order chi connectivity index (χ0) is 18.2. The fourth-order valence-corrected chi connectivity index (χ4v) is 2.78. The molecule has 1 saturated heterocycles. The van der Waals surface area contributed by atoms with Gasteiger partial charge in [0.15, 0.2) is 5.96 Å². The largest absolute Gasteiger partial charge is 0.489 e. The molecule has 2 rings (SSSR count). The monoisotopic (exact) mass is 366 g/mol. The second-order valence-corrected chi connectivity index (χ2v) is 6.51. The summed E-state index contributed by atoms with van der Waals surface area (Å²) in [6.07, 6.45) is -0.0478. The summed E-state index contributed by atoms with van der Waals surface area (Å²) in [6.45, 7) is 10.1. The van der Waals surface area contributed by atoms with Crippen molar-refractivity contribution in [1.82, 2.24) is 15.1 Å². The van der Waals surface area contributed by atoms with Crippen LogP contribution in [-0.2, 0) is 4.79 Å². The molecule has 1 atom stereocenters. The van der Waals surface area contributed by atoms with E-state index in [-0.39, 0.29) is 12.0 Å². The first kappa shape index (κ1) is 19.4. The van der Waals surface area contributed by atoms with E-state index in [0.717, 1.165) is 44.4 Å². The van der Waals surface area contributed by atoms with Gasteiger partial charge >= 0.3 is 0 Å². The molecule has 0 spiro atoms. The van der Waals surface area contributed by atoms with E-state index in [1.165, 1.54) is 0 Å². The SMILES string of the molecule is CCNC(=NCC(C)Oc1ccc(Cl)cc1)N1CCN(C(C)=O)CC1. The van der Waals surface area contributed by atoms with Gasteiger partial charge in [-0.1, -0.05) is 11.6 Å². The first-order valence-electron chi connectivity index (χ1n) is 8.70. The fraction of sp³-hybridized carbons (Fsp3) is 0.556. The van der Waals surface area contributed by atoms with Gasteiger partial charge in [0, 0.05) is 44.7 Å². The Morgan fingerprint density at radius 3 is 2.40 bits per heavy atom. The summed E-state index contributed by atoms with van der Waals surface area (Å²) < 4.78 is 5.87. The number of nitrogens with zero attached hydrogens (tertiary/aromatic N) is 3. The number of benzene rings is 1. The molecule has 6 nitrogen and oxygen atoms in total. The predicted molar refractivity (Wildman–Crippen MR) is 101 cm³/mol. The Kier molecular flexibility index (Phi) is 7.37. The number of rotatable bonds is 5. The fourth-order valence-electron chi connectivity index (χ4n) is 2.66. The highest BCUT2D eigenvalue weighted by molar-refractivity contribution is 6.30. The summed E-state index contributed by atoms with van der Waals surface area (Å²) in [5.74, 6) is 1.79. The lowest BCUT2D eigenvalue weighted by molar-refractivity contribution is -0.130. The minimum absolute atomic E-state index is 0.0478. The van der Waals surface area contributed by atoms with Gasteiger partial charge in [0.1, 0.15) is 11.9 Å². The van der Waals surface area contributed by atoms with E-state index in [2.05, 4.69) is 17.1 Å². The molecule has 1 amide bonds. The van der Waals surface area contributed by atoms with E-state index < -0.39 is 0 Å². The predicted octanol–water partition coefficient (Wildman–Crippen LogP) is 2.24. The molecule has 0 aromatic heterocycles. The Bertz CT molecular complexity index is 583. The van der Waals surface area contributed by atoms with Gasteiger partial charge in [-0.3, -0.25) is 4.79 Å². The summed E-state index contributed by atoms with van der Waals surface area (Å²) in [6, 6.07) is 7.33. The molecule has 1 fully saturated rings. The number of hydrogen-bond acceptors (Lipinski definition) is 3. The molecule has 0 saturated carbocycles. The molecular formula is C18H27ClN4O2. The van der Waals surface area contributed by atoms with Gasteiger partial charge < -0.3 is 19.9 Å². The van der Waals surface area contributed by atoms with Crippen LogP contribution in [0.4, 0.5) is 0 Å². The van der Waals surface area contributed by atoms with Crippen molar-refractivity contribution in [2.75, 3.05) is 39.3 Å². The number of halogens is 1. The highest BCUT2D eigenvalue weighted by Gasteiger charge is 2.21. The Morgan fingerprint density at radius 2 is 1.84 bits per heavy atom. The van der Waals surface area contributed by atoms with Crippen LogP contribution in [0.3, 0.4) is 0 Å². The van der Waals surface area contributed by atoms with Crippen molar-refractivity contribution in [3.8, 4) is 5.75 Å². The number of hydrogen-bond donors (Lipinski definition) is 1. The lowest BCUT2D eigenvalue weighted by atomic mass is 10.3. The summed E-state index contributed by atoms with van der Waals surface area (Å²) >= 11 is 5.89. The molecule has 1 unspecified atom stereocenters. The minimum Gasteiger partial charge on any atom is -0.489 e. The van der Waals surface area contributed by atoms with Crippen LogP contribution in [0, 0.1) is 0 Å². The topological polar surface area (TPSA) is 57.2 Å². The summed E-state index contributed by atoms with van der Waals surface area (Å²) in [5.41, 5.74) is 0. The van der Waals surface area contributed by atoms with Gasteiger partial charge in [-0.25, -0.2) is 4.99 Å². The molecule has 1 aromatic rings. The van der Waals surface area contributed by atoms with E-state index in [1.54, 1.807) is 6.92 Å². The number of amides is 1. The third-order valence-corrected chi connectivity index (χ3v) is 4.26. The van der Waals surface area contributed by atoms with Crippen molar-refractivity contribution >= 4 is 23.5 Å². The standard InChI is InChI=1S/C18H27ClN4O2/c1-4-20-18(23-11-9-22(10-12-23)15(3)24)21-13-14(2)25-17-7-5-16(19)6-8-17/h5-8,14H,4,9-13H2,1-3H3,(H,20,21). The number of piperazine rings is 1. The average molecular weight is 367 g/mol. The maximum Gasteiger partial charge on any atom is 0.219 e. The van der Waals surface area contributed by atoms with E-state index in [9.17, 15) is 4.79 Å². The molecule has 25 heavy (non-hydrogen) atoms. The van der Waals surface area contributed by atoms with Gasteiger partial charge in [0.05, 0.1) is 6.54 Å². The summed E-state index contributed by atoms with van der Waals surface area (Å²) in [5, 5.41) is 4.01. The van der Waals surface area contributed by atoms with Crippen molar-refractivity contribution < 1.29 is 9.53 Å². The normalized spacial score (nSPS) is 16.6. The van der Waals surface area contributed by atoms with Crippen molar-refractivity contribution in [3.63, 3.8) is 0 Å². The molecule has 1 aromatic carbocycles. The minimum atomic E-state index is -0.0478. The van der Waals surface area contributed by atoms with Crippen LogP contribution in [-0.4, -0.2) is 67.0 Å². The van der Waals surface area contributed by atoms with E-state index in [1.807, 2.05) is 36.1 Å². The van der Waals surface area contributed by atoms with Crippen LogP contribution in [0.25, 0.3) is 0 Å². The lowest BCUT2D eigenvalue weighted by Crippen LogP contribution is -2.53. The van der Waals surface area contributed by atoms with E-state index in [0.29, 0.717) is 11.6 Å². The molecule has 1 aliphatic heterocycles. The van der Waals surface area contributed by atoms with E-state index >= 15 is 0 Å². The second kappa shape index (κ2) is 9.51. The number of carbonyl (C=O) groups is 1. The van der Waals surface area contributed by atoms with Crippen molar-refractivity contribution in [2.45, 2.75) is 26.9 Å². The van der Waals surface area contributed by atoms with Crippen LogP contribution in [0.2, 0.25) is 5.02 Å². The number of guanidine groups is 1. The van der Waals surface area contributed by atoms with Crippen LogP contribution >= 0.6 is 11.6 Å². The molecule has 0 aliphatic carbocycles. The molecule has 0 radical (unpaired) electrons. The van der Waals surface area contributed by atoms with Crippen LogP contribution in [0.15, 0.2) is 29.3 Å². The molecule has 7 heteroatoms. The van der Waals surface area contributed by atoms with Crippen LogP contribution in [0.5, 0.6) is 5.75 Å². The maximum atomic E-state index is 11.4. The summed E-state index contributed by atoms with van der Waals surface area (Å²) in [7, 11) is 0. The number of aliphatic imine (C=N–C) groups is 1. The number of ether oxygens (including phenoxy) is 1. The molecule has 1 heterocycles. The third-order valence-electron chi connectivity index (χ3n) is 4.01. The quantitative estimate of drug-likeness (QED) is 0.641. The Hall–Kier alpha value is -1.95. The van der Waals surface area contributed by atoms with Crippen molar-refractivity contribution in [1.29, 1.82) is 0 Å². The Morgan fingerprint density at radius 1 is 1.24 bits per heavy atom. The highest BCUT2D eigenvalue weighted by Crippen LogP contribution is 2.16. The van der Waals surface area contributed by atoms with Crippen molar-refractivity contribution in [3.05, 3.63) is 29.3 Å². The molecule has 138 valence electrons. The van der Waals surface area contributed by atoms with E-state index in [4.69, 9.17) is 21.3 Å². The third kappa shape index (κ3) is 6.12.